The highest BCUT2D eigenvalue weighted by Gasteiger charge is 2.31. The summed E-state index contributed by atoms with van der Waals surface area (Å²) in [5, 5.41) is 6.02. The normalized spacial score (nSPS) is 22.6. The molecule has 0 saturated carbocycles. The molecule has 3 aromatic heterocycles. The Hall–Kier alpha value is -3.07. The molecule has 0 spiro atoms. The van der Waals surface area contributed by atoms with E-state index in [1.54, 1.807) is 21.8 Å². The highest BCUT2D eigenvalue weighted by atomic mass is 19.1. The summed E-state index contributed by atoms with van der Waals surface area (Å²) in [7, 11) is 1.82. The molecule has 1 N–H and O–H groups in total. The minimum Gasteiger partial charge on any atom is -0.349 e. The lowest BCUT2D eigenvalue weighted by atomic mass is 9.98. The summed E-state index contributed by atoms with van der Waals surface area (Å²) in [4.78, 5) is 24.2. The van der Waals surface area contributed by atoms with Crippen molar-refractivity contribution >= 4 is 17.4 Å². The van der Waals surface area contributed by atoms with Crippen LogP contribution in [0.15, 0.2) is 30.7 Å². The predicted octanol–water partition coefficient (Wildman–Crippen LogP) is 2.13. The van der Waals surface area contributed by atoms with Crippen LogP contribution in [-0.4, -0.2) is 50.1 Å². The lowest BCUT2D eigenvalue weighted by Crippen LogP contribution is -2.45. The van der Waals surface area contributed by atoms with E-state index in [0.29, 0.717) is 17.6 Å². The fraction of sp³-hybridized carbons (Fsp3) is 0.400. The number of hydrogen-bond acceptors (Lipinski definition) is 6. The highest BCUT2D eigenvalue weighted by Crippen LogP contribution is 2.37. The van der Waals surface area contributed by atoms with Crippen LogP contribution in [-0.2, 0) is 6.42 Å². The van der Waals surface area contributed by atoms with Crippen molar-refractivity contribution in [1.29, 1.82) is 0 Å². The number of rotatable bonds is 0. The van der Waals surface area contributed by atoms with Crippen LogP contribution < -0.4 is 10.3 Å². The summed E-state index contributed by atoms with van der Waals surface area (Å²) in [6, 6.07) is 3.45. The third kappa shape index (κ3) is 3.02. The monoisotopic (exact) mass is 395 g/mol. The van der Waals surface area contributed by atoms with Crippen LogP contribution >= 0.6 is 0 Å². The summed E-state index contributed by atoms with van der Waals surface area (Å²) in [6.45, 7) is 2.82. The summed E-state index contributed by atoms with van der Waals surface area (Å²) in [5.74, 6) is 0.157. The molecule has 1 amide bonds. The zero-order chi connectivity index (χ0) is 20.1. The van der Waals surface area contributed by atoms with Gasteiger partial charge in [0.2, 0.25) is 0 Å². The van der Waals surface area contributed by atoms with Crippen molar-refractivity contribution in [1.82, 2.24) is 30.0 Å². The third-order valence-electron chi connectivity index (χ3n) is 5.90. The Bertz CT molecular complexity index is 1100. The van der Waals surface area contributed by atoms with Crippen LogP contribution in [0.2, 0.25) is 0 Å². The van der Waals surface area contributed by atoms with Gasteiger partial charge in [0.25, 0.3) is 5.91 Å². The van der Waals surface area contributed by atoms with Crippen LogP contribution in [0, 0.1) is 5.82 Å². The molecule has 3 aromatic rings. The van der Waals surface area contributed by atoms with E-state index in [-0.39, 0.29) is 23.8 Å². The Morgan fingerprint density at radius 2 is 2.17 bits per heavy atom. The molecule has 2 atom stereocenters. The number of likely N-dealkylation sites (N-methyl/N-ethyl adjacent to an activating group) is 1. The van der Waals surface area contributed by atoms with Crippen molar-refractivity contribution in [3.63, 3.8) is 0 Å². The Balaban J connectivity index is 1.70. The second kappa shape index (κ2) is 6.77. The van der Waals surface area contributed by atoms with Gasteiger partial charge in [-0.1, -0.05) is 0 Å². The summed E-state index contributed by atoms with van der Waals surface area (Å²) in [5.41, 5.74) is 5.56. The first-order valence-corrected chi connectivity index (χ1v) is 9.80. The third-order valence-corrected chi connectivity index (χ3v) is 5.90. The van der Waals surface area contributed by atoms with Gasteiger partial charge in [-0.15, -0.1) is 0 Å². The minimum atomic E-state index is -0.337. The van der Waals surface area contributed by atoms with Crippen molar-refractivity contribution in [3.8, 4) is 0 Å². The van der Waals surface area contributed by atoms with E-state index < -0.39 is 0 Å². The summed E-state index contributed by atoms with van der Waals surface area (Å²) in [6.07, 6.45) is 7.08. The van der Waals surface area contributed by atoms with Gasteiger partial charge in [0, 0.05) is 37.9 Å². The average molecular weight is 395 g/mol. The van der Waals surface area contributed by atoms with E-state index in [1.165, 1.54) is 12.4 Å². The molecule has 150 valence electrons. The topological polar surface area (TPSA) is 78.7 Å². The quantitative estimate of drug-likeness (QED) is 0.628. The molecule has 0 radical (unpaired) electrons. The SMILES string of the molecule is C[C@@H]1Cc2ncc(F)cc2[C@H]2CCCN2c2ccn3ncc(c3n2)C(=O)NN1C. The number of anilines is 1. The van der Waals surface area contributed by atoms with E-state index in [0.717, 1.165) is 36.5 Å². The molecule has 2 aliphatic rings. The molecular weight excluding hydrogens is 373 g/mol. The molecule has 2 bridgehead atoms. The molecule has 1 saturated heterocycles. The van der Waals surface area contributed by atoms with Crippen molar-refractivity contribution in [3.05, 3.63) is 53.4 Å². The molecule has 5 heterocycles. The number of nitrogens with zero attached hydrogens (tertiary/aromatic N) is 6. The molecule has 29 heavy (non-hydrogen) atoms. The number of carbonyl (C=O) groups excluding carboxylic acids is 1. The van der Waals surface area contributed by atoms with E-state index in [1.807, 2.05) is 20.0 Å². The van der Waals surface area contributed by atoms with Crippen LogP contribution in [0.4, 0.5) is 10.2 Å². The summed E-state index contributed by atoms with van der Waals surface area (Å²) < 4.78 is 15.7. The Morgan fingerprint density at radius 3 is 3.03 bits per heavy atom. The van der Waals surface area contributed by atoms with Gasteiger partial charge in [0.15, 0.2) is 5.65 Å². The second-order valence-electron chi connectivity index (χ2n) is 7.76. The first-order chi connectivity index (χ1) is 14.0. The van der Waals surface area contributed by atoms with E-state index in [2.05, 4.69) is 20.4 Å². The zero-order valence-electron chi connectivity index (χ0n) is 16.3. The zero-order valence-corrected chi connectivity index (χ0v) is 16.3. The number of hydrogen-bond donors (Lipinski definition) is 1. The predicted molar refractivity (Wildman–Crippen MR) is 105 cm³/mol. The average Bonchev–Trinajstić information content (AvgIpc) is 3.34. The fourth-order valence-electron chi connectivity index (χ4n) is 4.23. The molecule has 0 aliphatic carbocycles. The molecular formula is C20H22FN7O. The van der Waals surface area contributed by atoms with Gasteiger partial charge in [-0.3, -0.25) is 15.2 Å². The van der Waals surface area contributed by atoms with E-state index >= 15 is 0 Å². The van der Waals surface area contributed by atoms with Gasteiger partial charge < -0.3 is 4.90 Å². The Morgan fingerprint density at radius 1 is 1.31 bits per heavy atom. The van der Waals surface area contributed by atoms with Crippen LogP contribution in [0.5, 0.6) is 0 Å². The first kappa shape index (κ1) is 18.0. The number of aromatic nitrogens is 4. The van der Waals surface area contributed by atoms with Crippen molar-refractivity contribution in [2.45, 2.75) is 38.3 Å². The number of amides is 1. The number of halogens is 1. The van der Waals surface area contributed by atoms with Gasteiger partial charge in [-0.05, 0) is 37.5 Å². The fourth-order valence-corrected chi connectivity index (χ4v) is 4.23. The molecule has 0 unspecified atom stereocenters. The highest BCUT2D eigenvalue weighted by molar-refractivity contribution is 5.99. The van der Waals surface area contributed by atoms with Gasteiger partial charge in [-0.25, -0.2) is 18.9 Å². The maximum Gasteiger partial charge on any atom is 0.271 e. The number of carbonyl (C=O) groups is 1. The molecule has 8 nitrogen and oxygen atoms in total. The van der Waals surface area contributed by atoms with Crippen molar-refractivity contribution < 1.29 is 9.18 Å². The number of nitrogens with one attached hydrogen (secondary N) is 1. The maximum atomic E-state index is 14.1. The Kier molecular flexibility index (Phi) is 4.20. The van der Waals surface area contributed by atoms with Crippen LogP contribution in [0.1, 0.15) is 47.4 Å². The van der Waals surface area contributed by atoms with Crippen molar-refractivity contribution in [2.75, 3.05) is 18.5 Å². The number of fused-ring (bicyclic) bond motifs is 5. The smallest absolute Gasteiger partial charge is 0.271 e. The number of hydrazine groups is 1. The maximum absolute atomic E-state index is 14.1. The molecule has 1 fully saturated rings. The standard InChI is InChI=1S/C20H22FN7O/c1-12-8-16-14(9-13(21)10-22-16)17-4-3-6-27(17)18-5-7-28-19(24-18)15(11-23-28)20(29)25-26(12)2/h5,7,9-12,17H,3-4,6,8H2,1-2H3,(H,25,29)/t12-,17-/m1/s1. The van der Waals surface area contributed by atoms with Crippen molar-refractivity contribution in [2.24, 2.45) is 0 Å². The molecule has 2 aliphatic heterocycles. The van der Waals surface area contributed by atoms with Gasteiger partial charge in [-0.2, -0.15) is 5.10 Å². The van der Waals surface area contributed by atoms with Crippen LogP contribution in [0.3, 0.4) is 0 Å². The van der Waals surface area contributed by atoms with Crippen LogP contribution in [0.25, 0.3) is 5.65 Å². The lowest BCUT2D eigenvalue weighted by molar-refractivity contribution is 0.0773. The number of pyridine rings is 1. The van der Waals surface area contributed by atoms with Gasteiger partial charge in [0.05, 0.1) is 18.4 Å². The van der Waals surface area contributed by atoms with Gasteiger partial charge >= 0.3 is 0 Å². The first-order valence-electron chi connectivity index (χ1n) is 9.80. The lowest BCUT2D eigenvalue weighted by Gasteiger charge is -2.29. The van der Waals surface area contributed by atoms with E-state index in [9.17, 15) is 9.18 Å². The minimum absolute atomic E-state index is 0.00330. The second-order valence-corrected chi connectivity index (χ2v) is 7.76. The molecule has 5 rings (SSSR count). The van der Waals surface area contributed by atoms with Gasteiger partial charge in [0.1, 0.15) is 17.2 Å². The molecule has 9 heteroatoms. The van der Waals surface area contributed by atoms with E-state index in [4.69, 9.17) is 4.98 Å². The molecule has 0 aromatic carbocycles. The largest absolute Gasteiger partial charge is 0.349 e. The summed E-state index contributed by atoms with van der Waals surface area (Å²) >= 11 is 0. The Labute approximate surface area is 167 Å².